The van der Waals surface area contributed by atoms with E-state index in [-0.39, 0.29) is 22.4 Å². The molecule has 9 nitrogen and oxygen atoms in total. The number of nitrogens with zero attached hydrogens (tertiary/aromatic N) is 1. The van der Waals surface area contributed by atoms with Gasteiger partial charge >= 0.3 is 6.03 Å². The average molecular weight is 513 g/mol. The summed E-state index contributed by atoms with van der Waals surface area (Å²) in [5.74, 6) is -0.247. The number of carbonyl (C=O) groups excluding carboxylic acids is 2. The van der Waals surface area contributed by atoms with Crippen molar-refractivity contribution in [3.63, 3.8) is 0 Å². The summed E-state index contributed by atoms with van der Waals surface area (Å²) in [4.78, 5) is 40.6. The van der Waals surface area contributed by atoms with Crippen molar-refractivity contribution >= 4 is 33.2 Å². The molecule has 1 fully saturated rings. The van der Waals surface area contributed by atoms with Crippen LogP contribution in [0.5, 0.6) is 0 Å². The van der Waals surface area contributed by atoms with Gasteiger partial charge in [0.25, 0.3) is 15.6 Å². The molecule has 1 saturated carbocycles. The highest BCUT2D eigenvalue weighted by molar-refractivity contribution is 7.90. The lowest BCUT2D eigenvalue weighted by Gasteiger charge is -2.17. The topological polar surface area (TPSA) is 138 Å². The normalized spacial score (nSPS) is 15.1. The molecule has 1 unspecified atom stereocenters. The van der Waals surface area contributed by atoms with Gasteiger partial charge in [0.15, 0.2) is 0 Å². The molecule has 1 heterocycles. The highest BCUT2D eigenvalue weighted by Crippen LogP contribution is 2.20. The van der Waals surface area contributed by atoms with Gasteiger partial charge in [0.2, 0.25) is 0 Å². The van der Waals surface area contributed by atoms with Gasteiger partial charge in [-0.15, -0.1) is 0 Å². The summed E-state index contributed by atoms with van der Waals surface area (Å²) in [5, 5.41) is 3.39. The van der Waals surface area contributed by atoms with E-state index in [9.17, 15) is 22.8 Å². The molecule has 3 N–H and O–H groups in total. The number of hydrogen-bond acceptors (Lipinski definition) is 6. The zero-order valence-corrected chi connectivity index (χ0v) is 21.1. The average Bonchev–Trinajstić information content (AvgIpc) is 3.14. The number of benzene rings is 2. The van der Waals surface area contributed by atoms with Gasteiger partial charge in [-0.1, -0.05) is 56.9 Å². The predicted molar refractivity (Wildman–Crippen MR) is 138 cm³/mol. The Morgan fingerprint density at radius 3 is 2.36 bits per heavy atom. The number of hydrogen-bond donors (Lipinski definition) is 3. The molecule has 0 radical (unpaired) electrons. The van der Waals surface area contributed by atoms with E-state index in [1.54, 1.807) is 18.2 Å². The fourth-order valence-corrected chi connectivity index (χ4v) is 5.06. The van der Waals surface area contributed by atoms with Gasteiger partial charge < -0.3 is 15.1 Å². The largest absolute Gasteiger partial charge is 0.335 e. The molecule has 1 atom stereocenters. The van der Waals surface area contributed by atoms with Crippen LogP contribution in [0.2, 0.25) is 0 Å². The van der Waals surface area contributed by atoms with Crippen LogP contribution in [-0.2, 0) is 14.8 Å². The molecule has 1 aliphatic rings. The number of para-hydroxylation sites is 1. The number of sulfonamides is 1. The highest BCUT2D eigenvalue weighted by atomic mass is 32.2. The second-order valence-electron chi connectivity index (χ2n) is 8.74. The van der Waals surface area contributed by atoms with Crippen molar-refractivity contribution < 1.29 is 18.0 Å². The van der Waals surface area contributed by atoms with Crippen LogP contribution in [0.3, 0.4) is 0 Å². The van der Waals surface area contributed by atoms with E-state index < -0.39 is 16.1 Å². The number of aldehydes is 1. The molecule has 1 aliphatic carbocycles. The maximum absolute atomic E-state index is 12.3. The number of nitrogens with one attached hydrogen (secondary N) is 3. The Bertz CT molecular complexity index is 1310. The molecule has 0 aliphatic heterocycles. The van der Waals surface area contributed by atoms with E-state index in [4.69, 9.17) is 0 Å². The first kappa shape index (κ1) is 27.1. The Balaban J connectivity index is 0.000000270. The van der Waals surface area contributed by atoms with Gasteiger partial charge in [-0.2, -0.15) is 0 Å². The van der Waals surface area contributed by atoms with Crippen LogP contribution in [0.15, 0.2) is 64.5 Å². The van der Waals surface area contributed by atoms with Crippen molar-refractivity contribution in [1.82, 2.24) is 20.0 Å². The van der Waals surface area contributed by atoms with E-state index in [2.05, 4.69) is 20.0 Å². The molecule has 0 bridgehead atoms. The third-order valence-corrected chi connectivity index (χ3v) is 7.53. The molecule has 192 valence electrons. The summed E-state index contributed by atoms with van der Waals surface area (Å²) < 4.78 is 26.7. The Morgan fingerprint density at radius 2 is 1.75 bits per heavy atom. The third kappa shape index (κ3) is 7.48. The molecular formula is C26H32N4O5S. The first-order valence-electron chi connectivity index (χ1n) is 12.1. The quantitative estimate of drug-likeness (QED) is 0.337. The lowest BCUT2D eigenvalue weighted by atomic mass is 9.98. The number of carbonyl (C=O) groups is 2. The van der Waals surface area contributed by atoms with Crippen LogP contribution >= 0.6 is 0 Å². The lowest BCUT2D eigenvalue weighted by Crippen LogP contribution is -2.44. The van der Waals surface area contributed by atoms with Crippen LogP contribution in [-0.4, -0.2) is 36.7 Å². The third-order valence-electron chi connectivity index (χ3n) is 6.19. The lowest BCUT2D eigenvalue weighted by molar-refractivity contribution is -0.109. The molecule has 0 spiro atoms. The fraction of sp³-hybridized carbons (Fsp3) is 0.385. The molecule has 0 saturated heterocycles. The minimum atomic E-state index is -3.93. The zero-order valence-electron chi connectivity index (χ0n) is 20.3. The monoisotopic (exact) mass is 512 g/mol. The van der Waals surface area contributed by atoms with E-state index >= 15 is 0 Å². The van der Waals surface area contributed by atoms with Crippen LogP contribution in [0.1, 0.15) is 63.4 Å². The highest BCUT2D eigenvalue weighted by Gasteiger charge is 2.21. The van der Waals surface area contributed by atoms with Crippen LogP contribution in [0, 0.1) is 0 Å². The minimum absolute atomic E-state index is 0.00742. The smallest absolute Gasteiger partial charge is 0.328 e. The summed E-state index contributed by atoms with van der Waals surface area (Å²) in [7, 11) is -3.93. The van der Waals surface area contributed by atoms with E-state index in [1.807, 2.05) is 25.1 Å². The molecule has 4 rings (SSSR count). The number of rotatable bonds is 6. The van der Waals surface area contributed by atoms with Crippen LogP contribution < -0.4 is 15.6 Å². The van der Waals surface area contributed by atoms with E-state index in [0.717, 1.165) is 55.9 Å². The van der Waals surface area contributed by atoms with E-state index in [0.29, 0.717) is 11.8 Å². The number of amides is 2. The maximum Gasteiger partial charge on any atom is 0.328 e. The minimum Gasteiger partial charge on any atom is -0.335 e. The Morgan fingerprint density at radius 1 is 1.08 bits per heavy atom. The van der Waals surface area contributed by atoms with Crippen molar-refractivity contribution in [2.75, 3.05) is 0 Å². The molecule has 2 aromatic carbocycles. The molecule has 10 heteroatoms. The number of aromatic nitrogens is 2. The van der Waals surface area contributed by atoms with Gasteiger partial charge in [-0.3, -0.25) is 4.79 Å². The second kappa shape index (κ2) is 13.0. The fourth-order valence-electron chi connectivity index (χ4n) is 4.14. The summed E-state index contributed by atoms with van der Waals surface area (Å²) in [6.45, 7) is 1.89. The molecule has 3 aromatic rings. The SMILES string of the molecule is CCC(C=O)c1ccc(S(=O)(=O)NC(=O)NC2CCCCCC2)cc1.O=c1[nH]cnc2ccccc12. The molecular weight excluding hydrogens is 480 g/mol. The maximum atomic E-state index is 12.3. The number of aromatic amines is 1. The first-order chi connectivity index (χ1) is 17.3. The van der Waals surface area contributed by atoms with Crippen molar-refractivity contribution in [3.8, 4) is 0 Å². The Labute approximate surface area is 210 Å². The molecule has 1 aromatic heterocycles. The predicted octanol–water partition coefficient (Wildman–Crippen LogP) is 4.01. The summed E-state index contributed by atoms with van der Waals surface area (Å²) >= 11 is 0. The summed E-state index contributed by atoms with van der Waals surface area (Å²) in [6, 6.07) is 12.6. The summed E-state index contributed by atoms with van der Waals surface area (Å²) in [5.41, 5.74) is 1.41. The van der Waals surface area contributed by atoms with Gasteiger partial charge in [-0.05, 0) is 49.1 Å². The van der Waals surface area contributed by atoms with Crippen molar-refractivity contribution in [3.05, 3.63) is 70.8 Å². The molecule has 36 heavy (non-hydrogen) atoms. The second-order valence-corrected chi connectivity index (χ2v) is 10.4. The van der Waals surface area contributed by atoms with Gasteiger partial charge in [0.05, 0.1) is 22.1 Å². The van der Waals surface area contributed by atoms with Gasteiger partial charge in [0, 0.05) is 12.0 Å². The van der Waals surface area contributed by atoms with Gasteiger partial charge in [0.1, 0.15) is 6.29 Å². The van der Waals surface area contributed by atoms with Crippen molar-refractivity contribution in [2.45, 2.75) is 68.7 Å². The number of H-pyrrole nitrogens is 1. The number of fused-ring (bicyclic) bond motifs is 1. The first-order valence-corrected chi connectivity index (χ1v) is 13.6. The van der Waals surface area contributed by atoms with E-state index in [1.165, 1.54) is 18.5 Å². The standard InChI is InChI=1S/C18H26N2O4S.C8H6N2O/c1-2-14(13-21)15-9-11-17(12-10-15)25(23,24)20-18(22)19-16-7-5-3-4-6-8-16;11-8-6-3-1-2-4-7(6)9-5-10-8/h9-14,16H,2-8H2,1H3,(H2,19,20,22);1-5H,(H,9,10,11). The molecule has 2 amide bonds. The zero-order chi connectivity index (χ0) is 26.0. The van der Waals surface area contributed by atoms with Gasteiger partial charge in [-0.25, -0.2) is 22.9 Å². The van der Waals surface area contributed by atoms with Crippen molar-refractivity contribution in [1.29, 1.82) is 0 Å². The number of urea groups is 1. The van der Waals surface area contributed by atoms with Crippen LogP contribution in [0.4, 0.5) is 4.79 Å². The Hall–Kier alpha value is -3.53. The Kier molecular flexibility index (Phi) is 9.75. The summed E-state index contributed by atoms with van der Waals surface area (Å²) in [6.07, 6.45) is 9.08. The van der Waals surface area contributed by atoms with Crippen LogP contribution in [0.25, 0.3) is 10.9 Å². The van der Waals surface area contributed by atoms with Crippen molar-refractivity contribution in [2.24, 2.45) is 0 Å².